The molecule has 8 heteroatoms. The van der Waals surface area contributed by atoms with Gasteiger partial charge in [0.25, 0.3) is 10.2 Å². The second-order valence-electron chi connectivity index (χ2n) is 4.63. The molecule has 1 atom stereocenters. The molecule has 1 aliphatic heterocycles. The Morgan fingerprint density at radius 1 is 1.35 bits per heavy atom. The zero-order chi connectivity index (χ0) is 14.6. The van der Waals surface area contributed by atoms with Crippen LogP contribution in [0.2, 0.25) is 0 Å². The minimum atomic E-state index is -3.83. The Labute approximate surface area is 117 Å². The second kappa shape index (κ2) is 6.21. The lowest BCUT2D eigenvalue weighted by molar-refractivity contribution is -0.123. The van der Waals surface area contributed by atoms with E-state index in [1.807, 2.05) is 0 Å². The van der Waals surface area contributed by atoms with Gasteiger partial charge in [-0.25, -0.2) is 5.14 Å². The maximum absolute atomic E-state index is 12.0. The number of ether oxygens (including phenoxy) is 1. The van der Waals surface area contributed by atoms with E-state index in [9.17, 15) is 13.2 Å². The van der Waals surface area contributed by atoms with Crippen molar-refractivity contribution in [2.24, 2.45) is 11.1 Å². The van der Waals surface area contributed by atoms with Gasteiger partial charge in [0, 0.05) is 12.3 Å². The number of carbonyl (C=O) groups is 1. The van der Waals surface area contributed by atoms with Gasteiger partial charge in [0.2, 0.25) is 5.91 Å². The summed E-state index contributed by atoms with van der Waals surface area (Å²) in [5.41, 5.74) is 0.805. The summed E-state index contributed by atoms with van der Waals surface area (Å²) >= 11 is 0. The van der Waals surface area contributed by atoms with Crippen LogP contribution in [0.5, 0.6) is 0 Å². The first-order valence-electron chi connectivity index (χ1n) is 6.23. The molecule has 0 saturated carbocycles. The van der Waals surface area contributed by atoms with Gasteiger partial charge in [-0.1, -0.05) is 6.07 Å². The molecule has 1 unspecified atom stereocenters. The van der Waals surface area contributed by atoms with Gasteiger partial charge in [0.1, 0.15) is 0 Å². The molecule has 2 rings (SSSR count). The maximum Gasteiger partial charge on any atom is 0.296 e. The molecule has 7 nitrogen and oxygen atoms in total. The fourth-order valence-electron chi connectivity index (χ4n) is 2.02. The van der Waals surface area contributed by atoms with Crippen molar-refractivity contribution in [1.29, 1.82) is 0 Å². The minimum absolute atomic E-state index is 0.127. The zero-order valence-electron chi connectivity index (χ0n) is 10.8. The molecule has 1 aromatic rings. The lowest BCUT2D eigenvalue weighted by Crippen LogP contribution is -2.30. The van der Waals surface area contributed by atoms with Crippen molar-refractivity contribution in [2.45, 2.75) is 12.8 Å². The fraction of sp³-hybridized carbons (Fsp3) is 0.417. The third kappa shape index (κ3) is 4.48. The number of anilines is 2. The first kappa shape index (κ1) is 14.8. The van der Waals surface area contributed by atoms with Crippen LogP contribution in [0.4, 0.5) is 11.4 Å². The number of benzene rings is 1. The average molecular weight is 299 g/mol. The van der Waals surface area contributed by atoms with Crippen molar-refractivity contribution in [3.05, 3.63) is 24.3 Å². The third-order valence-corrected chi connectivity index (χ3v) is 3.44. The summed E-state index contributed by atoms with van der Waals surface area (Å²) in [7, 11) is -3.83. The van der Waals surface area contributed by atoms with Crippen LogP contribution in [0.3, 0.4) is 0 Å². The summed E-state index contributed by atoms with van der Waals surface area (Å²) < 4.78 is 29.3. The first-order valence-corrected chi connectivity index (χ1v) is 7.78. The third-order valence-electron chi connectivity index (χ3n) is 2.92. The summed E-state index contributed by atoms with van der Waals surface area (Å²) in [5, 5.41) is 7.64. The Morgan fingerprint density at radius 2 is 2.10 bits per heavy atom. The fourth-order valence-corrected chi connectivity index (χ4v) is 2.47. The summed E-state index contributed by atoms with van der Waals surface area (Å²) in [6.07, 6.45) is 1.66. The molecule has 0 radical (unpaired) electrons. The molecule has 20 heavy (non-hydrogen) atoms. The second-order valence-corrected chi connectivity index (χ2v) is 5.93. The predicted molar refractivity (Wildman–Crippen MR) is 75.3 cm³/mol. The van der Waals surface area contributed by atoms with Crippen LogP contribution in [0.25, 0.3) is 0 Å². The SMILES string of the molecule is NS(=O)(=O)Nc1cccc(NC(=O)C2CCCOC2)c1. The van der Waals surface area contributed by atoms with Crippen molar-refractivity contribution < 1.29 is 17.9 Å². The maximum atomic E-state index is 12.0. The van der Waals surface area contributed by atoms with Gasteiger partial charge >= 0.3 is 0 Å². The number of rotatable bonds is 4. The van der Waals surface area contributed by atoms with Crippen molar-refractivity contribution in [2.75, 3.05) is 23.3 Å². The number of hydrogen-bond donors (Lipinski definition) is 3. The molecule has 1 heterocycles. The van der Waals surface area contributed by atoms with E-state index >= 15 is 0 Å². The van der Waals surface area contributed by atoms with E-state index in [0.717, 1.165) is 12.8 Å². The number of hydrogen-bond acceptors (Lipinski definition) is 4. The molecule has 110 valence electrons. The van der Waals surface area contributed by atoms with E-state index in [4.69, 9.17) is 9.88 Å². The predicted octanol–water partition coefficient (Wildman–Crippen LogP) is 0.667. The largest absolute Gasteiger partial charge is 0.381 e. The molecular weight excluding hydrogens is 282 g/mol. The average Bonchev–Trinajstić information content (AvgIpc) is 2.38. The van der Waals surface area contributed by atoms with Crippen LogP contribution in [0.1, 0.15) is 12.8 Å². The Morgan fingerprint density at radius 3 is 2.75 bits per heavy atom. The van der Waals surface area contributed by atoms with Crippen LogP contribution >= 0.6 is 0 Å². The Bertz CT molecular complexity index is 582. The summed E-state index contributed by atoms with van der Waals surface area (Å²) in [5.74, 6) is -0.295. The van der Waals surface area contributed by atoms with Gasteiger partial charge < -0.3 is 10.1 Å². The Kier molecular flexibility index (Phi) is 4.58. The summed E-state index contributed by atoms with van der Waals surface area (Å²) in [4.78, 5) is 12.0. The van der Waals surface area contributed by atoms with Gasteiger partial charge in [-0.2, -0.15) is 8.42 Å². The molecule has 0 spiro atoms. The highest BCUT2D eigenvalue weighted by Crippen LogP contribution is 2.19. The summed E-state index contributed by atoms with van der Waals surface area (Å²) in [6.45, 7) is 1.11. The highest BCUT2D eigenvalue weighted by Gasteiger charge is 2.21. The topological polar surface area (TPSA) is 111 Å². The normalized spacial score (nSPS) is 19.4. The molecule has 0 aromatic heterocycles. The standard InChI is InChI=1S/C12H17N3O4S/c13-20(17,18)15-11-5-1-4-10(7-11)14-12(16)9-3-2-6-19-8-9/h1,4-5,7,9,15H,2-3,6,8H2,(H,14,16)(H2,13,17,18). The van der Waals surface area contributed by atoms with Crippen LogP contribution in [-0.2, 0) is 19.7 Å². The van der Waals surface area contributed by atoms with E-state index in [2.05, 4.69) is 10.0 Å². The van der Waals surface area contributed by atoms with Gasteiger partial charge in [0.05, 0.1) is 18.2 Å². The number of carbonyl (C=O) groups excluding carboxylic acids is 1. The smallest absolute Gasteiger partial charge is 0.296 e. The van der Waals surface area contributed by atoms with E-state index in [1.165, 1.54) is 6.07 Å². The van der Waals surface area contributed by atoms with Gasteiger partial charge in [0.15, 0.2) is 0 Å². The molecule has 1 amide bonds. The number of amides is 1. The van der Waals surface area contributed by atoms with Gasteiger partial charge in [-0.3, -0.25) is 9.52 Å². The lowest BCUT2D eigenvalue weighted by atomic mass is 10.0. The monoisotopic (exact) mass is 299 g/mol. The van der Waals surface area contributed by atoms with Crippen molar-refractivity contribution in [3.63, 3.8) is 0 Å². The van der Waals surface area contributed by atoms with Crippen molar-refractivity contribution in [1.82, 2.24) is 0 Å². The van der Waals surface area contributed by atoms with Crippen LogP contribution < -0.4 is 15.2 Å². The molecule has 4 N–H and O–H groups in total. The first-order chi connectivity index (χ1) is 9.44. The molecule has 1 aliphatic rings. The van der Waals surface area contributed by atoms with E-state index in [1.54, 1.807) is 18.2 Å². The van der Waals surface area contributed by atoms with Gasteiger partial charge in [-0.05, 0) is 31.0 Å². The van der Waals surface area contributed by atoms with Crippen LogP contribution in [-0.4, -0.2) is 27.5 Å². The lowest BCUT2D eigenvalue weighted by Gasteiger charge is -2.21. The van der Waals surface area contributed by atoms with Crippen molar-refractivity contribution in [3.8, 4) is 0 Å². The van der Waals surface area contributed by atoms with E-state index in [0.29, 0.717) is 24.6 Å². The summed E-state index contributed by atoms with van der Waals surface area (Å²) in [6, 6.07) is 6.35. The van der Waals surface area contributed by atoms with E-state index in [-0.39, 0.29) is 11.8 Å². The number of nitrogens with one attached hydrogen (secondary N) is 2. The zero-order valence-corrected chi connectivity index (χ0v) is 11.7. The van der Waals surface area contributed by atoms with E-state index < -0.39 is 10.2 Å². The Hall–Kier alpha value is -1.64. The molecular formula is C12H17N3O4S. The van der Waals surface area contributed by atoms with Gasteiger partial charge in [-0.15, -0.1) is 0 Å². The number of nitrogens with two attached hydrogens (primary N) is 1. The van der Waals surface area contributed by atoms with Crippen molar-refractivity contribution >= 4 is 27.5 Å². The highest BCUT2D eigenvalue weighted by molar-refractivity contribution is 7.90. The van der Waals surface area contributed by atoms with Crippen LogP contribution in [0, 0.1) is 5.92 Å². The molecule has 1 saturated heterocycles. The molecule has 1 fully saturated rings. The minimum Gasteiger partial charge on any atom is -0.381 e. The van der Waals surface area contributed by atoms with Crippen LogP contribution in [0.15, 0.2) is 24.3 Å². The molecule has 0 aliphatic carbocycles. The Balaban J connectivity index is 2.02. The quantitative estimate of drug-likeness (QED) is 0.758. The highest BCUT2D eigenvalue weighted by atomic mass is 32.2. The molecule has 1 aromatic carbocycles. The molecule has 0 bridgehead atoms.